The minimum atomic E-state index is 0.104. The lowest BCUT2D eigenvalue weighted by molar-refractivity contribution is -0.138. The molecule has 1 aromatic carbocycles. The SMILES string of the molecule is Cc1noc(CCC(=O)N2CCC(C3CCCCN(CCc4ccccc4)C3=O)CC2)n1. The molecule has 7 heteroatoms. The standard InChI is InChI=1S/C25H34N4O3/c1-19-26-23(32-27-19)10-11-24(30)28-17-13-21(14-18-28)22-9-5-6-15-29(25(22)31)16-12-20-7-3-2-4-8-20/h2-4,7-8,21-22H,5-6,9-18H2,1H3. The lowest BCUT2D eigenvalue weighted by Crippen LogP contribution is -2.44. The van der Waals surface area contributed by atoms with Gasteiger partial charge in [0.25, 0.3) is 0 Å². The van der Waals surface area contributed by atoms with E-state index in [0.29, 0.717) is 36.4 Å². The lowest BCUT2D eigenvalue weighted by Gasteiger charge is -2.36. The molecule has 2 aliphatic heterocycles. The van der Waals surface area contributed by atoms with Crippen LogP contribution in [-0.2, 0) is 22.4 Å². The van der Waals surface area contributed by atoms with Crippen molar-refractivity contribution in [3.8, 4) is 0 Å². The highest BCUT2D eigenvalue weighted by molar-refractivity contribution is 5.79. The summed E-state index contributed by atoms with van der Waals surface area (Å²) in [7, 11) is 0. The molecule has 0 aliphatic carbocycles. The molecule has 0 saturated carbocycles. The molecule has 1 atom stereocenters. The molecule has 0 bridgehead atoms. The Balaban J connectivity index is 1.26. The van der Waals surface area contributed by atoms with E-state index in [0.717, 1.165) is 64.7 Å². The Morgan fingerprint density at radius 2 is 1.84 bits per heavy atom. The van der Waals surface area contributed by atoms with Crippen LogP contribution in [0.25, 0.3) is 0 Å². The number of hydrogen-bond acceptors (Lipinski definition) is 5. The molecule has 4 rings (SSSR count). The van der Waals surface area contributed by atoms with Crippen molar-refractivity contribution < 1.29 is 14.1 Å². The fraction of sp³-hybridized carbons (Fsp3) is 0.600. The Labute approximate surface area is 190 Å². The average Bonchev–Trinajstić information content (AvgIpc) is 3.15. The zero-order valence-corrected chi connectivity index (χ0v) is 19.0. The van der Waals surface area contributed by atoms with Crippen LogP contribution in [0.4, 0.5) is 0 Å². The maximum atomic E-state index is 13.4. The predicted octanol–water partition coefficient (Wildman–Crippen LogP) is 3.42. The summed E-state index contributed by atoms with van der Waals surface area (Å²) in [5.41, 5.74) is 1.28. The molecule has 2 fully saturated rings. The third-order valence-corrected chi connectivity index (χ3v) is 6.92. The molecular formula is C25H34N4O3. The van der Waals surface area contributed by atoms with Gasteiger partial charge >= 0.3 is 0 Å². The molecular weight excluding hydrogens is 404 g/mol. The lowest BCUT2D eigenvalue weighted by atomic mass is 9.81. The predicted molar refractivity (Wildman–Crippen MR) is 121 cm³/mol. The van der Waals surface area contributed by atoms with E-state index in [9.17, 15) is 9.59 Å². The van der Waals surface area contributed by atoms with E-state index >= 15 is 0 Å². The van der Waals surface area contributed by atoms with Crippen LogP contribution in [0.5, 0.6) is 0 Å². The van der Waals surface area contributed by atoms with E-state index in [1.54, 1.807) is 6.92 Å². The molecule has 0 radical (unpaired) electrons. The maximum absolute atomic E-state index is 13.4. The van der Waals surface area contributed by atoms with Crippen LogP contribution in [0.3, 0.4) is 0 Å². The molecule has 172 valence electrons. The van der Waals surface area contributed by atoms with Crippen LogP contribution in [-0.4, -0.2) is 57.9 Å². The van der Waals surface area contributed by atoms with Gasteiger partial charge in [0.05, 0.1) is 0 Å². The number of aromatic nitrogens is 2. The molecule has 2 saturated heterocycles. The molecule has 1 unspecified atom stereocenters. The van der Waals surface area contributed by atoms with Crippen molar-refractivity contribution in [3.63, 3.8) is 0 Å². The van der Waals surface area contributed by atoms with Crippen molar-refractivity contribution >= 4 is 11.8 Å². The van der Waals surface area contributed by atoms with Gasteiger partial charge in [-0.2, -0.15) is 4.98 Å². The molecule has 0 N–H and O–H groups in total. The van der Waals surface area contributed by atoms with Crippen LogP contribution in [0, 0.1) is 18.8 Å². The smallest absolute Gasteiger partial charge is 0.227 e. The van der Waals surface area contributed by atoms with Gasteiger partial charge in [-0.3, -0.25) is 9.59 Å². The number of hydrogen-bond donors (Lipinski definition) is 0. The summed E-state index contributed by atoms with van der Waals surface area (Å²) in [5, 5.41) is 3.77. The van der Waals surface area contributed by atoms with E-state index in [1.165, 1.54) is 5.56 Å². The molecule has 0 spiro atoms. The molecule has 32 heavy (non-hydrogen) atoms. The van der Waals surface area contributed by atoms with Gasteiger partial charge < -0.3 is 14.3 Å². The summed E-state index contributed by atoms with van der Waals surface area (Å²) >= 11 is 0. The molecule has 2 aromatic rings. The number of carbonyl (C=O) groups excluding carboxylic acids is 2. The van der Waals surface area contributed by atoms with Crippen LogP contribution in [0.1, 0.15) is 55.8 Å². The molecule has 7 nitrogen and oxygen atoms in total. The van der Waals surface area contributed by atoms with Crippen molar-refractivity contribution in [2.24, 2.45) is 11.8 Å². The van der Waals surface area contributed by atoms with Gasteiger partial charge in [0.2, 0.25) is 17.7 Å². The van der Waals surface area contributed by atoms with Gasteiger partial charge in [0.1, 0.15) is 0 Å². The van der Waals surface area contributed by atoms with E-state index in [-0.39, 0.29) is 11.8 Å². The second-order valence-electron chi connectivity index (χ2n) is 9.12. The topological polar surface area (TPSA) is 79.5 Å². The first kappa shape index (κ1) is 22.5. The first-order valence-corrected chi connectivity index (χ1v) is 12.0. The monoisotopic (exact) mass is 438 g/mol. The minimum absolute atomic E-state index is 0.104. The Morgan fingerprint density at radius 1 is 1.06 bits per heavy atom. The van der Waals surface area contributed by atoms with Crippen molar-refractivity contribution in [2.45, 2.75) is 58.3 Å². The van der Waals surface area contributed by atoms with Crippen LogP contribution in [0.2, 0.25) is 0 Å². The Bertz CT molecular complexity index is 890. The van der Waals surface area contributed by atoms with Crippen molar-refractivity contribution in [3.05, 3.63) is 47.6 Å². The fourth-order valence-electron chi connectivity index (χ4n) is 5.07. The van der Waals surface area contributed by atoms with Crippen molar-refractivity contribution in [2.75, 3.05) is 26.2 Å². The first-order chi connectivity index (χ1) is 15.6. The zero-order chi connectivity index (χ0) is 22.3. The number of rotatable bonds is 7. The fourth-order valence-corrected chi connectivity index (χ4v) is 5.07. The van der Waals surface area contributed by atoms with Crippen molar-refractivity contribution in [1.82, 2.24) is 19.9 Å². The normalized spacial score (nSPS) is 20.4. The highest BCUT2D eigenvalue weighted by atomic mass is 16.5. The van der Waals surface area contributed by atoms with Gasteiger partial charge in [-0.05, 0) is 50.5 Å². The summed E-state index contributed by atoms with van der Waals surface area (Å²) in [6.07, 6.45) is 6.79. The van der Waals surface area contributed by atoms with Gasteiger partial charge in [-0.25, -0.2) is 0 Å². The quantitative estimate of drug-likeness (QED) is 0.662. The van der Waals surface area contributed by atoms with E-state index in [1.807, 2.05) is 11.0 Å². The maximum Gasteiger partial charge on any atom is 0.227 e. The van der Waals surface area contributed by atoms with Crippen LogP contribution >= 0.6 is 0 Å². The number of amides is 2. The highest BCUT2D eigenvalue weighted by Crippen LogP contribution is 2.32. The van der Waals surface area contributed by atoms with Crippen LogP contribution < -0.4 is 0 Å². The third kappa shape index (κ3) is 5.75. The first-order valence-electron chi connectivity index (χ1n) is 12.0. The summed E-state index contributed by atoms with van der Waals surface area (Å²) in [4.78, 5) is 34.2. The Kier molecular flexibility index (Phi) is 7.55. The summed E-state index contributed by atoms with van der Waals surface area (Å²) in [6, 6.07) is 10.4. The van der Waals surface area contributed by atoms with Gasteiger partial charge in [0, 0.05) is 44.9 Å². The van der Waals surface area contributed by atoms with E-state index < -0.39 is 0 Å². The summed E-state index contributed by atoms with van der Waals surface area (Å²) in [6.45, 7) is 4.91. The molecule has 3 heterocycles. The number of likely N-dealkylation sites (tertiary alicyclic amines) is 2. The van der Waals surface area contributed by atoms with Gasteiger partial charge in [0.15, 0.2) is 5.82 Å². The molecule has 2 amide bonds. The molecule has 2 aliphatic rings. The Hall–Kier alpha value is -2.70. The van der Waals surface area contributed by atoms with Gasteiger partial charge in [-0.1, -0.05) is 41.9 Å². The van der Waals surface area contributed by atoms with E-state index in [2.05, 4.69) is 39.3 Å². The van der Waals surface area contributed by atoms with Crippen LogP contribution in [0.15, 0.2) is 34.9 Å². The van der Waals surface area contributed by atoms with E-state index in [4.69, 9.17) is 4.52 Å². The summed E-state index contributed by atoms with van der Waals surface area (Å²) in [5.74, 6) is 2.06. The number of aryl methyl sites for hydroxylation is 2. The largest absolute Gasteiger partial charge is 0.343 e. The van der Waals surface area contributed by atoms with Crippen molar-refractivity contribution in [1.29, 1.82) is 0 Å². The second kappa shape index (κ2) is 10.7. The number of piperidine rings is 1. The zero-order valence-electron chi connectivity index (χ0n) is 19.0. The number of benzene rings is 1. The van der Waals surface area contributed by atoms with Gasteiger partial charge in [-0.15, -0.1) is 0 Å². The second-order valence-corrected chi connectivity index (χ2v) is 9.12. The highest BCUT2D eigenvalue weighted by Gasteiger charge is 2.35. The minimum Gasteiger partial charge on any atom is -0.343 e. The number of nitrogens with zero attached hydrogens (tertiary/aromatic N) is 4. The summed E-state index contributed by atoms with van der Waals surface area (Å²) < 4.78 is 5.11. The average molecular weight is 439 g/mol. The molecule has 1 aromatic heterocycles. The Morgan fingerprint density at radius 3 is 2.56 bits per heavy atom. The number of carbonyl (C=O) groups is 2. The third-order valence-electron chi connectivity index (χ3n) is 6.92.